The molecule has 440 valence electrons. The highest BCUT2D eigenvalue weighted by Crippen LogP contribution is 2.40. The molecule has 0 radical (unpaired) electrons. The summed E-state index contributed by atoms with van der Waals surface area (Å²) in [6.45, 7) is 8.66. The van der Waals surface area contributed by atoms with Gasteiger partial charge in [-0.2, -0.15) is 0 Å². The van der Waals surface area contributed by atoms with E-state index >= 15 is 0 Å². The van der Waals surface area contributed by atoms with Crippen molar-refractivity contribution < 1.29 is 28.8 Å². The summed E-state index contributed by atoms with van der Waals surface area (Å²) >= 11 is 0. The summed E-state index contributed by atoms with van der Waals surface area (Å²) in [6, 6.07) is 46.3. The average molecular weight is 1130 g/mol. The van der Waals surface area contributed by atoms with Gasteiger partial charge >= 0.3 is 0 Å². The molecule has 0 aliphatic rings. The van der Waals surface area contributed by atoms with Crippen LogP contribution in [0, 0.1) is 0 Å². The van der Waals surface area contributed by atoms with Crippen molar-refractivity contribution in [3.05, 3.63) is 180 Å². The maximum absolute atomic E-state index is 14.0. The molecule has 0 saturated heterocycles. The molecule has 0 aliphatic carbocycles. The van der Waals surface area contributed by atoms with E-state index in [9.17, 15) is 28.8 Å². The smallest absolute Gasteiger partial charge is 0.246 e. The van der Waals surface area contributed by atoms with Crippen LogP contribution in [-0.4, -0.2) is 91.3 Å². The molecule has 0 aromatic heterocycles. The van der Waals surface area contributed by atoms with Crippen molar-refractivity contribution in [1.29, 1.82) is 0 Å². The largest absolute Gasteiger partial charge is 0.374 e. The zero-order valence-corrected chi connectivity index (χ0v) is 48.2. The third-order valence-corrected chi connectivity index (χ3v) is 14.6. The Labute approximate surface area is 488 Å². The normalized spacial score (nSPS) is 13.9. The lowest BCUT2D eigenvalue weighted by Gasteiger charge is -2.32. The van der Waals surface area contributed by atoms with Crippen molar-refractivity contribution in [1.82, 2.24) is 16.0 Å². The Hall–Kier alpha value is -8.58. The second kappa shape index (κ2) is 32.8. The molecule has 0 heterocycles. The predicted molar refractivity (Wildman–Crippen MR) is 334 cm³/mol. The fourth-order valence-electron chi connectivity index (χ4n) is 9.57. The van der Waals surface area contributed by atoms with E-state index in [4.69, 9.17) is 17.2 Å². The minimum atomic E-state index is -0.866. The van der Waals surface area contributed by atoms with Crippen molar-refractivity contribution >= 4 is 69.6 Å². The minimum absolute atomic E-state index is 0.323. The van der Waals surface area contributed by atoms with Gasteiger partial charge in [-0.3, -0.25) is 28.8 Å². The lowest BCUT2D eigenvalue weighted by Crippen LogP contribution is -2.48. The Kier molecular flexibility index (Phi) is 25.1. The predicted octanol–water partition coefficient (Wildman–Crippen LogP) is 8.20. The summed E-state index contributed by atoms with van der Waals surface area (Å²) in [4.78, 5) is 82.3. The molecule has 0 aliphatic heterocycles. The van der Waals surface area contributed by atoms with E-state index in [0.717, 1.165) is 33.8 Å². The van der Waals surface area contributed by atoms with E-state index in [0.29, 0.717) is 94.5 Å². The highest BCUT2D eigenvalue weighted by molar-refractivity contribution is 6.00. The first-order valence-electron chi connectivity index (χ1n) is 28.8. The van der Waals surface area contributed by atoms with Crippen LogP contribution in [0.25, 0.3) is 0 Å². The van der Waals surface area contributed by atoms with Crippen molar-refractivity contribution in [3.8, 4) is 0 Å². The van der Waals surface area contributed by atoms with Gasteiger partial charge in [-0.15, -0.1) is 0 Å². The molecule has 6 aromatic rings. The summed E-state index contributed by atoms with van der Waals surface area (Å²) < 4.78 is 0. The molecule has 0 bridgehead atoms. The Bertz CT molecular complexity index is 2650. The molecular formula is C65H84N12O6. The molecule has 15 N–H and O–H groups in total. The van der Waals surface area contributed by atoms with E-state index in [1.807, 2.05) is 164 Å². The highest BCUT2D eigenvalue weighted by atomic mass is 16.2. The van der Waals surface area contributed by atoms with Crippen LogP contribution >= 0.6 is 0 Å². The van der Waals surface area contributed by atoms with E-state index in [1.54, 1.807) is 20.8 Å². The summed E-state index contributed by atoms with van der Waals surface area (Å²) in [5, 5.41) is 27.5. The van der Waals surface area contributed by atoms with Gasteiger partial charge in [0, 0.05) is 39.5 Å². The number of anilines is 6. The number of unbranched alkanes of at least 4 members (excludes halogenated alkanes) is 3. The van der Waals surface area contributed by atoms with Crippen LogP contribution in [0.1, 0.15) is 102 Å². The number of benzene rings is 6. The summed E-state index contributed by atoms with van der Waals surface area (Å²) in [7, 11) is 0. The lowest BCUT2D eigenvalue weighted by atomic mass is 9.71. The molecule has 3 unspecified atom stereocenters. The molecule has 0 fully saturated rings. The van der Waals surface area contributed by atoms with Crippen LogP contribution in [0.15, 0.2) is 164 Å². The Morgan fingerprint density at radius 3 is 0.807 bits per heavy atom. The Morgan fingerprint density at radius 1 is 0.337 bits per heavy atom. The number of rotatable bonds is 33. The summed E-state index contributed by atoms with van der Waals surface area (Å²) in [6.07, 6.45) is 5.13. The number of nitrogens with two attached hydrogens (primary N) is 3. The fraction of sp³-hybridized carbons (Fsp3) is 0.354. The van der Waals surface area contributed by atoms with Gasteiger partial charge in [0.05, 0.1) is 0 Å². The van der Waals surface area contributed by atoms with Crippen LogP contribution in [0.2, 0.25) is 0 Å². The van der Waals surface area contributed by atoms with Crippen LogP contribution in [0.3, 0.4) is 0 Å². The second-order valence-electron chi connectivity index (χ2n) is 21.1. The number of amides is 6. The van der Waals surface area contributed by atoms with Crippen molar-refractivity contribution in [2.75, 3.05) is 51.5 Å². The molecule has 6 amide bonds. The minimum Gasteiger partial charge on any atom is -0.374 e. The Balaban J connectivity index is 1.25. The van der Waals surface area contributed by atoms with Crippen molar-refractivity contribution in [2.45, 2.75) is 127 Å². The van der Waals surface area contributed by atoms with Gasteiger partial charge in [0.1, 0.15) is 36.3 Å². The fourth-order valence-corrected chi connectivity index (χ4v) is 9.57. The van der Waals surface area contributed by atoms with E-state index in [1.165, 1.54) is 0 Å². The van der Waals surface area contributed by atoms with Crippen LogP contribution < -0.4 is 65.1 Å². The van der Waals surface area contributed by atoms with Gasteiger partial charge < -0.3 is 65.1 Å². The molecule has 6 rings (SSSR count). The van der Waals surface area contributed by atoms with Gasteiger partial charge in [0.15, 0.2) is 0 Å². The third kappa shape index (κ3) is 19.5. The standard InChI is InChI=1S/C65H84N12O6/c1-44(69-50-20-8-5-9-21-50)59(78)75-56(26-14-17-41-66)62(81)72-53-35-29-47(30-36-53)65(4,48-31-37-54(38-32-48)73-63(82)57(27-15-18-42-67)76-60(79)45(2)70-51-22-10-6-11-23-51)49-33-39-55(40-34-49)74-64(83)58(28-16-19-43-68)77-61(80)46(3)71-52-24-12-7-13-25-52/h5-13,20-25,29-40,44-46,56-58,69-71H,14-19,26-28,41-43,66-68H2,1-4H3,(H,72,81)(H,73,82)(H,74,83)(H,75,78)(H,76,79)(H,77,80)/t44?,45?,46?,56-,57-,58-,65?/m0/s1. The molecule has 6 aromatic carbocycles. The molecular weight excluding hydrogens is 1040 g/mol. The van der Waals surface area contributed by atoms with E-state index in [2.05, 4.69) is 54.8 Å². The number of carbonyl (C=O) groups excluding carboxylic acids is 6. The van der Waals surface area contributed by atoms with Gasteiger partial charge in [-0.05, 0) is 195 Å². The van der Waals surface area contributed by atoms with Crippen LogP contribution in [0.5, 0.6) is 0 Å². The zero-order chi connectivity index (χ0) is 59.6. The maximum Gasteiger partial charge on any atom is 0.246 e. The number of carbonyl (C=O) groups is 6. The van der Waals surface area contributed by atoms with Gasteiger partial charge in [-0.25, -0.2) is 0 Å². The van der Waals surface area contributed by atoms with Gasteiger partial charge in [-0.1, -0.05) is 91.0 Å². The molecule has 6 atom stereocenters. The topological polar surface area (TPSA) is 289 Å². The maximum atomic E-state index is 14.0. The molecule has 0 spiro atoms. The first-order chi connectivity index (χ1) is 40.1. The zero-order valence-electron chi connectivity index (χ0n) is 48.2. The Morgan fingerprint density at radius 2 is 0.578 bits per heavy atom. The SMILES string of the molecule is CC(Nc1ccccc1)C(=O)N[C@@H](CCCCN)C(=O)Nc1ccc(C(C)(c2ccc(NC(=O)[C@H](CCCCN)NC(=O)C(C)Nc3ccccc3)cc2)c2ccc(NC(=O)[C@H](CCCCN)NC(=O)C(C)Nc3ccccc3)cc2)cc1. The summed E-state index contributed by atoms with van der Waals surface area (Å²) in [5.41, 5.74) is 23.0. The first-order valence-corrected chi connectivity index (χ1v) is 28.8. The average Bonchev–Trinajstić information content (AvgIpc) is 2.90. The third-order valence-electron chi connectivity index (χ3n) is 14.6. The van der Waals surface area contributed by atoms with Crippen molar-refractivity contribution in [3.63, 3.8) is 0 Å². The highest BCUT2D eigenvalue weighted by Gasteiger charge is 2.33. The second-order valence-corrected chi connectivity index (χ2v) is 21.1. The van der Waals surface area contributed by atoms with Gasteiger partial charge in [0.25, 0.3) is 0 Å². The lowest BCUT2D eigenvalue weighted by molar-refractivity contribution is -0.127. The quantitative estimate of drug-likeness (QED) is 0.0137. The summed E-state index contributed by atoms with van der Waals surface area (Å²) in [5.74, 6) is -2.08. The number of hydrogen-bond donors (Lipinski definition) is 12. The van der Waals surface area contributed by atoms with Crippen LogP contribution in [-0.2, 0) is 34.2 Å². The van der Waals surface area contributed by atoms with Crippen molar-refractivity contribution in [2.24, 2.45) is 17.2 Å². The molecule has 0 saturated carbocycles. The molecule has 18 nitrogen and oxygen atoms in total. The number of para-hydroxylation sites is 3. The monoisotopic (exact) mass is 1130 g/mol. The number of hydrogen-bond acceptors (Lipinski definition) is 12. The molecule has 83 heavy (non-hydrogen) atoms. The van der Waals surface area contributed by atoms with E-state index in [-0.39, 0.29) is 35.4 Å². The van der Waals surface area contributed by atoms with Gasteiger partial charge in [0.2, 0.25) is 35.4 Å². The van der Waals surface area contributed by atoms with E-state index < -0.39 is 41.7 Å². The van der Waals surface area contributed by atoms with Crippen LogP contribution in [0.4, 0.5) is 34.1 Å². The molecule has 18 heteroatoms. The first kappa shape index (κ1) is 63.6. The number of nitrogens with one attached hydrogen (secondary N) is 9.